The van der Waals surface area contributed by atoms with E-state index in [1.54, 1.807) is 36.7 Å². The molecular weight excluding hydrogens is 264 g/mol. The predicted octanol–water partition coefficient (Wildman–Crippen LogP) is 3.40. The van der Waals surface area contributed by atoms with Crippen molar-refractivity contribution >= 4 is 11.7 Å². The first-order chi connectivity index (χ1) is 10.1. The Morgan fingerprint density at radius 2 is 1.62 bits per heavy atom. The first kappa shape index (κ1) is 14.6. The molecule has 0 aromatic carbocycles. The van der Waals surface area contributed by atoms with Crippen molar-refractivity contribution in [2.75, 3.05) is 0 Å². The van der Waals surface area contributed by atoms with Gasteiger partial charge in [0.05, 0.1) is 0 Å². The standard InChI is InChI=1S/C15H16N6/c1-10(2)11-6-7-13(19-9-11)15(17)21-20-14(16)12-5-3-4-8-18-12/h3-10,16-17H,1-2H3. The summed E-state index contributed by atoms with van der Waals surface area (Å²) in [6.45, 7) is 4.16. The quantitative estimate of drug-likeness (QED) is 0.511. The van der Waals surface area contributed by atoms with Gasteiger partial charge in [-0.25, -0.2) is 0 Å². The zero-order valence-electron chi connectivity index (χ0n) is 11.9. The lowest BCUT2D eigenvalue weighted by atomic mass is 10.1. The van der Waals surface area contributed by atoms with Crippen molar-refractivity contribution < 1.29 is 0 Å². The second kappa shape index (κ2) is 6.60. The third-order valence-corrected chi connectivity index (χ3v) is 2.85. The Balaban J connectivity index is 2.07. The highest BCUT2D eigenvalue weighted by Crippen LogP contribution is 2.13. The molecule has 2 heterocycles. The molecule has 2 N–H and O–H groups in total. The normalized spacial score (nSPS) is 11.0. The maximum absolute atomic E-state index is 7.82. The fourth-order valence-corrected chi connectivity index (χ4v) is 1.59. The molecule has 6 heteroatoms. The highest BCUT2D eigenvalue weighted by molar-refractivity contribution is 5.99. The lowest BCUT2D eigenvalue weighted by molar-refractivity contribution is 0.857. The van der Waals surface area contributed by atoms with E-state index in [2.05, 4.69) is 34.0 Å². The molecule has 0 aliphatic rings. The van der Waals surface area contributed by atoms with E-state index in [-0.39, 0.29) is 11.7 Å². The van der Waals surface area contributed by atoms with Crippen molar-refractivity contribution in [1.29, 1.82) is 10.8 Å². The molecule has 0 aliphatic carbocycles. The molecule has 0 unspecified atom stereocenters. The molecule has 2 aromatic rings. The van der Waals surface area contributed by atoms with Crippen LogP contribution in [0.25, 0.3) is 0 Å². The van der Waals surface area contributed by atoms with Crippen LogP contribution in [-0.2, 0) is 0 Å². The van der Waals surface area contributed by atoms with Gasteiger partial charge in [-0.1, -0.05) is 26.0 Å². The second-order valence-corrected chi connectivity index (χ2v) is 4.74. The van der Waals surface area contributed by atoms with Crippen LogP contribution >= 0.6 is 0 Å². The zero-order valence-corrected chi connectivity index (χ0v) is 11.9. The number of nitrogens with one attached hydrogen (secondary N) is 2. The van der Waals surface area contributed by atoms with Crippen molar-refractivity contribution in [3.63, 3.8) is 0 Å². The average molecular weight is 280 g/mol. The molecule has 0 atom stereocenters. The minimum Gasteiger partial charge on any atom is -0.279 e. The van der Waals surface area contributed by atoms with E-state index < -0.39 is 0 Å². The van der Waals surface area contributed by atoms with Gasteiger partial charge < -0.3 is 0 Å². The van der Waals surface area contributed by atoms with Crippen LogP contribution in [0.15, 0.2) is 53.0 Å². The van der Waals surface area contributed by atoms with Crippen molar-refractivity contribution in [2.45, 2.75) is 19.8 Å². The summed E-state index contributed by atoms with van der Waals surface area (Å²) in [5, 5.41) is 23.0. The Labute approximate surface area is 123 Å². The molecule has 2 rings (SSSR count). The van der Waals surface area contributed by atoms with E-state index in [0.717, 1.165) is 5.56 Å². The summed E-state index contributed by atoms with van der Waals surface area (Å²) in [5.41, 5.74) is 1.94. The van der Waals surface area contributed by atoms with E-state index in [9.17, 15) is 0 Å². The highest BCUT2D eigenvalue weighted by Gasteiger charge is 2.05. The number of pyridine rings is 2. The smallest absolute Gasteiger partial charge is 0.193 e. The van der Waals surface area contributed by atoms with Crippen molar-refractivity contribution in [2.24, 2.45) is 10.2 Å². The van der Waals surface area contributed by atoms with Crippen LogP contribution in [0.3, 0.4) is 0 Å². The number of azo groups is 1. The van der Waals surface area contributed by atoms with Crippen LogP contribution in [0.4, 0.5) is 0 Å². The van der Waals surface area contributed by atoms with Gasteiger partial charge in [0.2, 0.25) is 0 Å². The SMILES string of the molecule is CC(C)c1ccc(C(=N)N=NC(=N)c2ccccn2)nc1. The number of rotatable bonds is 3. The number of amidine groups is 2. The van der Waals surface area contributed by atoms with Crippen LogP contribution in [0, 0.1) is 10.8 Å². The molecule has 0 spiro atoms. The maximum Gasteiger partial charge on any atom is 0.193 e. The largest absolute Gasteiger partial charge is 0.279 e. The van der Waals surface area contributed by atoms with Gasteiger partial charge in [-0.3, -0.25) is 20.8 Å². The van der Waals surface area contributed by atoms with E-state index in [1.165, 1.54) is 0 Å². The Kier molecular flexibility index (Phi) is 4.61. The summed E-state index contributed by atoms with van der Waals surface area (Å²) < 4.78 is 0. The maximum atomic E-state index is 7.82. The van der Waals surface area contributed by atoms with Crippen LogP contribution in [-0.4, -0.2) is 21.6 Å². The minimum absolute atomic E-state index is 0.0778. The first-order valence-corrected chi connectivity index (χ1v) is 6.54. The fourth-order valence-electron chi connectivity index (χ4n) is 1.59. The zero-order chi connectivity index (χ0) is 15.2. The molecule has 0 saturated heterocycles. The lowest BCUT2D eigenvalue weighted by Crippen LogP contribution is -2.02. The number of hydrogen-bond acceptors (Lipinski definition) is 4. The van der Waals surface area contributed by atoms with E-state index in [0.29, 0.717) is 17.3 Å². The summed E-state index contributed by atoms with van der Waals surface area (Å²) in [6, 6.07) is 8.85. The van der Waals surface area contributed by atoms with Gasteiger partial charge in [0, 0.05) is 12.4 Å². The third-order valence-electron chi connectivity index (χ3n) is 2.85. The molecule has 2 aromatic heterocycles. The summed E-state index contributed by atoms with van der Waals surface area (Å²) in [7, 11) is 0. The Morgan fingerprint density at radius 3 is 2.10 bits per heavy atom. The second-order valence-electron chi connectivity index (χ2n) is 4.74. The van der Waals surface area contributed by atoms with Gasteiger partial charge in [0.1, 0.15) is 11.4 Å². The minimum atomic E-state index is -0.0841. The van der Waals surface area contributed by atoms with Crippen LogP contribution < -0.4 is 0 Å². The first-order valence-electron chi connectivity index (χ1n) is 6.54. The van der Waals surface area contributed by atoms with Crippen molar-refractivity contribution in [3.8, 4) is 0 Å². The average Bonchev–Trinajstić information content (AvgIpc) is 2.53. The molecule has 106 valence electrons. The summed E-state index contributed by atoms with van der Waals surface area (Å²) >= 11 is 0. The summed E-state index contributed by atoms with van der Waals surface area (Å²) in [5.74, 6) is 0.227. The number of nitrogens with zero attached hydrogens (tertiary/aromatic N) is 4. The van der Waals surface area contributed by atoms with Gasteiger partial charge >= 0.3 is 0 Å². The van der Waals surface area contributed by atoms with E-state index in [4.69, 9.17) is 10.8 Å². The van der Waals surface area contributed by atoms with Gasteiger partial charge in [-0.2, -0.15) is 0 Å². The number of aromatic nitrogens is 2. The van der Waals surface area contributed by atoms with E-state index in [1.807, 2.05) is 6.07 Å². The van der Waals surface area contributed by atoms with Crippen LogP contribution in [0.5, 0.6) is 0 Å². The molecule has 0 fully saturated rings. The molecule has 0 bridgehead atoms. The van der Waals surface area contributed by atoms with Gasteiger partial charge in [0.25, 0.3) is 0 Å². The monoisotopic (exact) mass is 280 g/mol. The fraction of sp³-hybridized carbons (Fsp3) is 0.200. The Morgan fingerprint density at radius 1 is 0.952 bits per heavy atom. The van der Waals surface area contributed by atoms with Gasteiger partial charge in [-0.15, -0.1) is 10.2 Å². The van der Waals surface area contributed by atoms with Crippen LogP contribution in [0.1, 0.15) is 36.7 Å². The molecule has 0 aliphatic heterocycles. The molecule has 0 saturated carbocycles. The molecule has 0 radical (unpaired) electrons. The third kappa shape index (κ3) is 3.85. The Bertz CT molecular complexity index is 658. The van der Waals surface area contributed by atoms with Gasteiger partial charge in [0.15, 0.2) is 11.7 Å². The molecular formula is C15H16N6. The Hall–Kier alpha value is -2.76. The number of hydrogen-bond donors (Lipinski definition) is 2. The molecule has 6 nitrogen and oxygen atoms in total. The summed E-state index contributed by atoms with van der Waals surface area (Å²) in [6.07, 6.45) is 3.31. The van der Waals surface area contributed by atoms with E-state index >= 15 is 0 Å². The predicted molar refractivity (Wildman–Crippen MR) is 81.1 cm³/mol. The highest BCUT2D eigenvalue weighted by atomic mass is 15.2. The summed E-state index contributed by atoms with van der Waals surface area (Å²) in [4.78, 5) is 8.18. The molecule has 0 amide bonds. The van der Waals surface area contributed by atoms with Crippen molar-refractivity contribution in [1.82, 2.24) is 9.97 Å². The van der Waals surface area contributed by atoms with Gasteiger partial charge in [-0.05, 0) is 29.7 Å². The molecule has 21 heavy (non-hydrogen) atoms. The van der Waals surface area contributed by atoms with Crippen molar-refractivity contribution in [3.05, 3.63) is 59.7 Å². The topological polar surface area (TPSA) is 98.2 Å². The van der Waals surface area contributed by atoms with Crippen LogP contribution in [0.2, 0.25) is 0 Å². The lowest BCUT2D eigenvalue weighted by Gasteiger charge is -2.04.